The topological polar surface area (TPSA) is 76.4 Å². The van der Waals surface area contributed by atoms with Gasteiger partial charge in [-0.15, -0.1) is 0 Å². The van der Waals surface area contributed by atoms with Gasteiger partial charge < -0.3 is 9.64 Å². The number of rotatable bonds is 8. The van der Waals surface area contributed by atoms with Gasteiger partial charge in [-0.25, -0.2) is 14.5 Å². The van der Waals surface area contributed by atoms with E-state index >= 15 is 0 Å². The van der Waals surface area contributed by atoms with Gasteiger partial charge in [-0.3, -0.25) is 9.88 Å². The fraction of sp³-hybridized carbons (Fsp3) is 0.278. The molecular formula is C36H33F3N6O2. The Bertz CT molecular complexity index is 1920. The van der Waals surface area contributed by atoms with Gasteiger partial charge in [0.15, 0.2) is 11.5 Å². The van der Waals surface area contributed by atoms with Crippen molar-refractivity contribution in [1.29, 1.82) is 0 Å². The number of esters is 1. The zero-order valence-electron chi connectivity index (χ0n) is 25.9. The Morgan fingerprint density at radius 2 is 1.77 bits per heavy atom. The van der Waals surface area contributed by atoms with E-state index in [-0.39, 0.29) is 12.4 Å². The Balaban J connectivity index is 1.15. The molecule has 240 valence electrons. The molecule has 5 aromatic rings. The van der Waals surface area contributed by atoms with Gasteiger partial charge in [-0.05, 0) is 66.3 Å². The smallest absolute Gasteiger partial charge is 0.434 e. The van der Waals surface area contributed by atoms with Crippen LogP contribution in [0.25, 0.3) is 17.1 Å². The summed E-state index contributed by atoms with van der Waals surface area (Å²) in [5.41, 5.74) is 6.66. The van der Waals surface area contributed by atoms with E-state index in [0.29, 0.717) is 16.9 Å². The van der Waals surface area contributed by atoms with Crippen LogP contribution in [0.1, 0.15) is 50.9 Å². The number of para-hydroxylation sites is 1. The van der Waals surface area contributed by atoms with Crippen LogP contribution in [0.3, 0.4) is 0 Å². The maximum absolute atomic E-state index is 14.2. The fourth-order valence-electron chi connectivity index (χ4n) is 6.58. The monoisotopic (exact) mass is 638 g/mol. The molecule has 0 amide bonds. The highest BCUT2D eigenvalue weighted by Crippen LogP contribution is 2.39. The number of carbonyl (C=O) groups excluding carboxylic acids is 1. The van der Waals surface area contributed by atoms with E-state index < -0.39 is 23.4 Å². The zero-order valence-corrected chi connectivity index (χ0v) is 25.9. The second kappa shape index (κ2) is 12.6. The van der Waals surface area contributed by atoms with Gasteiger partial charge in [0, 0.05) is 50.2 Å². The number of benzene rings is 2. The largest absolute Gasteiger partial charge is 0.462 e. The van der Waals surface area contributed by atoms with Crippen molar-refractivity contribution in [2.24, 2.45) is 0 Å². The van der Waals surface area contributed by atoms with E-state index in [4.69, 9.17) is 4.74 Å². The highest BCUT2D eigenvalue weighted by Gasteiger charge is 2.41. The van der Waals surface area contributed by atoms with Gasteiger partial charge in [0.05, 0.1) is 24.2 Å². The molecule has 0 aliphatic carbocycles. The molecule has 2 aromatic carbocycles. The average molecular weight is 639 g/mol. The molecule has 5 heterocycles. The SMILES string of the molecule is CCOC(=O)c1cnn(-c2cccc(-c3cccc4c3N(Cc3ccc5c(c3)CCN(Cc3ccccn3)C5)CC4)n2)c1C(F)(F)F. The van der Waals surface area contributed by atoms with Gasteiger partial charge in [0.2, 0.25) is 0 Å². The van der Waals surface area contributed by atoms with Gasteiger partial charge in [0.1, 0.15) is 5.56 Å². The quantitative estimate of drug-likeness (QED) is 0.176. The second-order valence-corrected chi connectivity index (χ2v) is 11.8. The molecule has 11 heteroatoms. The van der Waals surface area contributed by atoms with Gasteiger partial charge in [-0.1, -0.05) is 48.5 Å². The van der Waals surface area contributed by atoms with Crippen molar-refractivity contribution in [3.8, 4) is 17.1 Å². The molecule has 0 atom stereocenters. The maximum atomic E-state index is 14.2. The molecule has 47 heavy (non-hydrogen) atoms. The summed E-state index contributed by atoms with van der Waals surface area (Å²) in [6.45, 7) is 5.69. The number of fused-ring (bicyclic) bond motifs is 2. The van der Waals surface area contributed by atoms with Crippen molar-refractivity contribution in [3.63, 3.8) is 0 Å². The number of ether oxygens (including phenoxy) is 1. The number of anilines is 1. The number of pyridine rings is 2. The van der Waals surface area contributed by atoms with Crippen LogP contribution in [0.5, 0.6) is 0 Å². The third-order valence-corrected chi connectivity index (χ3v) is 8.69. The molecule has 0 bridgehead atoms. The minimum Gasteiger partial charge on any atom is -0.462 e. The van der Waals surface area contributed by atoms with E-state index in [9.17, 15) is 18.0 Å². The van der Waals surface area contributed by atoms with Crippen LogP contribution in [0, 0.1) is 0 Å². The third-order valence-electron chi connectivity index (χ3n) is 8.69. The van der Waals surface area contributed by atoms with Crippen molar-refractivity contribution >= 4 is 11.7 Å². The number of alkyl halides is 3. The summed E-state index contributed by atoms with van der Waals surface area (Å²) >= 11 is 0. The molecule has 0 spiro atoms. The van der Waals surface area contributed by atoms with Gasteiger partial charge in [0.25, 0.3) is 0 Å². The lowest BCUT2D eigenvalue weighted by Crippen LogP contribution is -2.30. The van der Waals surface area contributed by atoms with Crippen molar-refractivity contribution in [1.82, 2.24) is 24.6 Å². The minimum absolute atomic E-state index is 0.0423. The van der Waals surface area contributed by atoms with Crippen LogP contribution in [0.4, 0.5) is 18.9 Å². The first kappa shape index (κ1) is 30.6. The van der Waals surface area contributed by atoms with Crippen LogP contribution < -0.4 is 4.90 Å². The summed E-state index contributed by atoms with van der Waals surface area (Å²) in [5, 5.41) is 3.91. The molecule has 0 N–H and O–H groups in total. The molecule has 2 aliphatic rings. The average Bonchev–Trinajstić information content (AvgIpc) is 3.71. The number of hydrogen-bond donors (Lipinski definition) is 0. The molecule has 0 saturated carbocycles. The van der Waals surface area contributed by atoms with Crippen molar-refractivity contribution in [3.05, 3.63) is 124 Å². The van der Waals surface area contributed by atoms with Crippen LogP contribution in [0.15, 0.2) is 85.2 Å². The minimum atomic E-state index is -4.85. The Labute approximate surface area is 270 Å². The number of hydrogen-bond acceptors (Lipinski definition) is 7. The first-order valence-corrected chi connectivity index (χ1v) is 15.7. The summed E-state index contributed by atoms with van der Waals surface area (Å²) in [6, 6.07) is 23.6. The number of nitrogens with zero attached hydrogens (tertiary/aromatic N) is 6. The highest BCUT2D eigenvalue weighted by molar-refractivity contribution is 5.91. The Morgan fingerprint density at radius 1 is 0.915 bits per heavy atom. The van der Waals surface area contributed by atoms with E-state index in [2.05, 4.69) is 55.2 Å². The lowest BCUT2D eigenvalue weighted by atomic mass is 9.96. The predicted octanol–water partition coefficient (Wildman–Crippen LogP) is 6.65. The van der Waals surface area contributed by atoms with Crippen LogP contribution >= 0.6 is 0 Å². The Kier molecular flexibility index (Phi) is 8.23. The fourth-order valence-corrected chi connectivity index (χ4v) is 6.58. The molecule has 0 fully saturated rings. The first-order chi connectivity index (χ1) is 22.8. The highest BCUT2D eigenvalue weighted by atomic mass is 19.4. The van der Waals surface area contributed by atoms with E-state index in [1.54, 1.807) is 12.1 Å². The van der Waals surface area contributed by atoms with Crippen molar-refractivity contribution in [2.45, 2.75) is 45.6 Å². The Hall–Kier alpha value is -5.03. The number of halogens is 3. The predicted molar refractivity (Wildman–Crippen MR) is 171 cm³/mol. The van der Waals surface area contributed by atoms with Crippen molar-refractivity contribution < 1.29 is 22.7 Å². The molecule has 3 aromatic heterocycles. The second-order valence-electron chi connectivity index (χ2n) is 11.8. The maximum Gasteiger partial charge on any atom is 0.434 e. The summed E-state index contributed by atoms with van der Waals surface area (Å²) < 4.78 is 48.1. The molecule has 0 saturated heterocycles. The number of aromatic nitrogens is 4. The van der Waals surface area contributed by atoms with Crippen molar-refractivity contribution in [2.75, 3.05) is 24.6 Å². The van der Waals surface area contributed by atoms with E-state index in [1.807, 2.05) is 30.5 Å². The van der Waals surface area contributed by atoms with Crippen LogP contribution in [-0.2, 0) is 43.4 Å². The first-order valence-electron chi connectivity index (χ1n) is 15.7. The molecule has 0 radical (unpaired) electrons. The van der Waals surface area contributed by atoms with Crippen LogP contribution in [-0.4, -0.2) is 50.3 Å². The molecule has 8 nitrogen and oxygen atoms in total. The molecule has 2 aliphatic heterocycles. The van der Waals surface area contributed by atoms with E-state index in [0.717, 1.165) is 67.7 Å². The lowest BCUT2D eigenvalue weighted by molar-refractivity contribution is -0.143. The molecule has 7 rings (SSSR count). The molecular weight excluding hydrogens is 605 g/mol. The Morgan fingerprint density at radius 3 is 2.57 bits per heavy atom. The van der Waals surface area contributed by atoms with Gasteiger partial charge in [-0.2, -0.15) is 18.3 Å². The summed E-state index contributed by atoms with van der Waals surface area (Å²) in [7, 11) is 0. The standard InChI is InChI=1S/C36H33F3N6O2/c1-2-47-35(46)30-20-41-45(34(30)36(37,38)39)32-11-6-10-31(42-32)29-9-5-7-25-15-18-44(33(25)29)21-24-12-13-27-22-43(17-14-26(27)19-24)23-28-8-3-4-16-40-28/h3-13,16,19-20H,2,14-15,17-18,21-23H2,1H3. The zero-order chi connectivity index (χ0) is 32.5. The normalized spacial score (nSPS) is 14.6. The summed E-state index contributed by atoms with van der Waals surface area (Å²) in [5.74, 6) is -1.12. The van der Waals surface area contributed by atoms with E-state index in [1.165, 1.54) is 29.7 Å². The van der Waals surface area contributed by atoms with Gasteiger partial charge >= 0.3 is 12.1 Å². The summed E-state index contributed by atoms with van der Waals surface area (Å²) in [4.78, 5) is 26.2. The third kappa shape index (κ3) is 6.23. The number of carbonyl (C=O) groups is 1. The molecule has 0 unspecified atom stereocenters. The lowest BCUT2D eigenvalue weighted by Gasteiger charge is -2.29. The summed E-state index contributed by atoms with van der Waals surface area (Å²) in [6.07, 6.45) is -0.308. The van der Waals surface area contributed by atoms with Crippen LogP contribution in [0.2, 0.25) is 0 Å².